The van der Waals surface area contributed by atoms with Gasteiger partial charge in [-0.3, -0.25) is 0 Å². The van der Waals surface area contributed by atoms with Gasteiger partial charge in [0, 0.05) is 6.04 Å². The molecular weight excluding hydrogens is 295 g/mol. The van der Waals surface area contributed by atoms with Crippen molar-refractivity contribution in [3.05, 3.63) is 29.3 Å². The first kappa shape index (κ1) is 18.1. The Morgan fingerprint density at radius 1 is 1.27 bits per heavy atom. The lowest BCUT2D eigenvalue weighted by molar-refractivity contribution is -0.138. The Hall–Kier alpha value is -1.92. The summed E-state index contributed by atoms with van der Waals surface area (Å²) in [5, 5.41) is 2.83. The van der Waals surface area contributed by atoms with Crippen molar-refractivity contribution in [2.24, 2.45) is 10.7 Å². The van der Waals surface area contributed by atoms with Crippen LogP contribution in [-0.2, 0) is 12.7 Å². The number of rotatable bonds is 5. The lowest BCUT2D eigenvalue weighted by atomic mass is 10.1. The van der Waals surface area contributed by atoms with Gasteiger partial charge in [-0.2, -0.15) is 13.2 Å². The fourth-order valence-corrected chi connectivity index (χ4v) is 1.81. The van der Waals surface area contributed by atoms with Crippen LogP contribution in [0.5, 0.6) is 5.75 Å². The summed E-state index contributed by atoms with van der Waals surface area (Å²) < 4.78 is 44.8. The van der Waals surface area contributed by atoms with E-state index in [1.165, 1.54) is 12.1 Å². The van der Waals surface area contributed by atoms with E-state index in [9.17, 15) is 13.2 Å². The predicted octanol–water partition coefficient (Wildman–Crippen LogP) is 3.31. The van der Waals surface area contributed by atoms with Crippen molar-refractivity contribution in [3.8, 4) is 5.75 Å². The molecule has 3 N–H and O–H groups in total. The Balaban J connectivity index is 3.03. The average Bonchev–Trinajstić information content (AvgIpc) is 2.34. The van der Waals surface area contributed by atoms with E-state index in [0.29, 0.717) is 0 Å². The van der Waals surface area contributed by atoms with E-state index < -0.39 is 11.7 Å². The molecule has 22 heavy (non-hydrogen) atoms. The van der Waals surface area contributed by atoms with Crippen molar-refractivity contribution in [1.29, 1.82) is 0 Å². The first-order valence-electron chi connectivity index (χ1n) is 7.02. The zero-order valence-corrected chi connectivity index (χ0v) is 13.2. The highest BCUT2D eigenvalue weighted by atomic mass is 19.4. The summed E-state index contributed by atoms with van der Waals surface area (Å²) in [5.74, 6) is 0.300. The van der Waals surface area contributed by atoms with Gasteiger partial charge in [0.15, 0.2) is 5.96 Å². The monoisotopic (exact) mass is 317 g/mol. The number of guanidine groups is 1. The third-order valence-electron chi connectivity index (χ3n) is 2.61. The van der Waals surface area contributed by atoms with E-state index in [2.05, 4.69) is 10.3 Å². The summed E-state index contributed by atoms with van der Waals surface area (Å²) in [4.78, 5) is 3.94. The van der Waals surface area contributed by atoms with Crippen LogP contribution in [0.15, 0.2) is 23.2 Å². The third kappa shape index (κ3) is 5.83. The van der Waals surface area contributed by atoms with Gasteiger partial charge in [-0.1, -0.05) is 6.07 Å². The van der Waals surface area contributed by atoms with Crippen LogP contribution in [0, 0.1) is 0 Å². The molecule has 1 aromatic carbocycles. The summed E-state index contributed by atoms with van der Waals surface area (Å²) in [6.45, 7) is 7.08. The number of ether oxygens (including phenoxy) is 1. The molecule has 0 saturated heterocycles. The second-order valence-corrected chi connectivity index (χ2v) is 5.48. The molecule has 0 unspecified atom stereocenters. The largest absolute Gasteiger partial charge is 0.491 e. The van der Waals surface area contributed by atoms with Gasteiger partial charge in [0.25, 0.3) is 0 Å². The fraction of sp³-hybridized carbons (Fsp3) is 0.533. The fourth-order valence-electron chi connectivity index (χ4n) is 1.81. The van der Waals surface area contributed by atoms with Crippen LogP contribution in [0.4, 0.5) is 13.2 Å². The van der Waals surface area contributed by atoms with Gasteiger partial charge in [0.05, 0.1) is 18.2 Å². The van der Waals surface area contributed by atoms with Gasteiger partial charge in [-0.05, 0) is 45.4 Å². The highest BCUT2D eigenvalue weighted by Crippen LogP contribution is 2.35. The smallest absolute Gasteiger partial charge is 0.416 e. The zero-order chi connectivity index (χ0) is 16.9. The molecule has 0 fully saturated rings. The minimum absolute atomic E-state index is 0.0529. The number of hydrogen-bond donors (Lipinski definition) is 2. The van der Waals surface area contributed by atoms with Crippen LogP contribution in [0.25, 0.3) is 0 Å². The maximum atomic E-state index is 13.1. The summed E-state index contributed by atoms with van der Waals surface area (Å²) >= 11 is 0. The molecule has 0 aliphatic heterocycles. The Morgan fingerprint density at radius 3 is 2.41 bits per heavy atom. The standard InChI is InChI=1S/C15H22F3N3O/c1-9(2)21-14(19)20-8-11-5-6-12(22-10(3)4)7-13(11)15(16,17)18/h5-7,9-10H,8H2,1-4H3,(H3,19,20,21). The molecule has 0 spiro atoms. The minimum Gasteiger partial charge on any atom is -0.491 e. The number of halogens is 3. The number of aliphatic imine (C=N–C) groups is 1. The van der Waals surface area contributed by atoms with E-state index in [1.54, 1.807) is 13.8 Å². The van der Waals surface area contributed by atoms with Crippen LogP contribution in [0.3, 0.4) is 0 Å². The predicted molar refractivity (Wildman–Crippen MR) is 80.8 cm³/mol. The molecule has 7 heteroatoms. The van der Waals surface area contributed by atoms with Crippen molar-refractivity contribution >= 4 is 5.96 Å². The van der Waals surface area contributed by atoms with E-state index in [4.69, 9.17) is 10.5 Å². The molecular formula is C15H22F3N3O. The average molecular weight is 317 g/mol. The van der Waals surface area contributed by atoms with Crippen LogP contribution < -0.4 is 15.8 Å². The molecule has 1 aromatic rings. The molecule has 0 saturated carbocycles. The van der Waals surface area contributed by atoms with E-state index in [-0.39, 0.29) is 36.0 Å². The second-order valence-electron chi connectivity index (χ2n) is 5.48. The van der Waals surface area contributed by atoms with Crippen LogP contribution in [0.1, 0.15) is 38.8 Å². The Bertz CT molecular complexity index is 525. The van der Waals surface area contributed by atoms with Crippen LogP contribution in [0.2, 0.25) is 0 Å². The van der Waals surface area contributed by atoms with E-state index >= 15 is 0 Å². The molecule has 0 aliphatic rings. The lowest BCUT2D eigenvalue weighted by Crippen LogP contribution is -2.36. The normalized spacial score (nSPS) is 12.9. The quantitative estimate of drug-likeness (QED) is 0.647. The molecule has 0 amide bonds. The lowest BCUT2D eigenvalue weighted by Gasteiger charge is -2.16. The number of nitrogens with zero attached hydrogens (tertiary/aromatic N) is 1. The maximum Gasteiger partial charge on any atom is 0.416 e. The van der Waals surface area contributed by atoms with Crippen molar-refractivity contribution < 1.29 is 17.9 Å². The summed E-state index contributed by atoms with van der Waals surface area (Å²) in [5.41, 5.74) is 4.91. The van der Waals surface area contributed by atoms with Crippen LogP contribution >= 0.6 is 0 Å². The van der Waals surface area contributed by atoms with Crippen molar-refractivity contribution in [3.63, 3.8) is 0 Å². The summed E-state index contributed by atoms with van der Waals surface area (Å²) in [7, 11) is 0. The van der Waals surface area contributed by atoms with Gasteiger partial charge in [0.2, 0.25) is 0 Å². The molecule has 0 atom stereocenters. The van der Waals surface area contributed by atoms with Crippen LogP contribution in [-0.4, -0.2) is 18.1 Å². The first-order valence-corrected chi connectivity index (χ1v) is 7.02. The number of alkyl halides is 3. The van der Waals surface area contributed by atoms with Gasteiger partial charge in [-0.25, -0.2) is 4.99 Å². The van der Waals surface area contributed by atoms with Crippen molar-refractivity contribution in [2.45, 2.75) is 52.6 Å². The third-order valence-corrected chi connectivity index (χ3v) is 2.61. The molecule has 4 nitrogen and oxygen atoms in total. The number of nitrogens with two attached hydrogens (primary N) is 1. The minimum atomic E-state index is -4.47. The number of benzene rings is 1. The SMILES string of the molecule is CC(C)NC(N)=NCc1ccc(OC(C)C)cc1C(F)(F)F. The molecule has 1 rings (SSSR count). The second kappa shape index (κ2) is 7.38. The Labute approximate surface area is 128 Å². The highest BCUT2D eigenvalue weighted by molar-refractivity contribution is 5.78. The van der Waals surface area contributed by atoms with Gasteiger partial charge in [-0.15, -0.1) is 0 Å². The number of hydrogen-bond acceptors (Lipinski definition) is 2. The van der Waals surface area contributed by atoms with Gasteiger partial charge >= 0.3 is 6.18 Å². The molecule has 0 heterocycles. The topological polar surface area (TPSA) is 59.6 Å². The first-order chi connectivity index (χ1) is 10.1. The van der Waals surface area contributed by atoms with Gasteiger partial charge < -0.3 is 15.8 Å². The molecule has 124 valence electrons. The highest BCUT2D eigenvalue weighted by Gasteiger charge is 2.33. The Morgan fingerprint density at radius 2 is 1.91 bits per heavy atom. The molecule has 0 aromatic heterocycles. The van der Waals surface area contributed by atoms with E-state index in [1.807, 2.05) is 13.8 Å². The van der Waals surface area contributed by atoms with Crippen molar-refractivity contribution in [2.75, 3.05) is 0 Å². The summed E-state index contributed by atoms with van der Waals surface area (Å²) in [6, 6.07) is 3.93. The summed E-state index contributed by atoms with van der Waals surface area (Å²) in [6.07, 6.45) is -4.67. The zero-order valence-electron chi connectivity index (χ0n) is 13.2. The number of nitrogens with one attached hydrogen (secondary N) is 1. The molecule has 0 bridgehead atoms. The van der Waals surface area contributed by atoms with Crippen molar-refractivity contribution in [1.82, 2.24) is 5.32 Å². The molecule has 0 aliphatic carbocycles. The van der Waals surface area contributed by atoms with Gasteiger partial charge in [0.1, 0.15) is 5.75 Å². The van der Waals surface area contributed by atoms with E-state index in [0.717, 1.165) is 6.07 Å². The Kier molecular flexibility index (Phi) is 6.08. The maximum absolute atomic E-state index is 13.1. The molecule has 0 radical (unpaired) electrons.